The number of nitrogens with two attached hydrogens (primary N) is 1. The first-order valence-corrected chi connectivity index (χ1v) is 7.90. The fraction of sp³-hybridized carbons (Fsp3) is 1.00. The van der Waals surface area contributed by atoms with E-state index in [-0.39, 0.29) is 12.1 Å². The monoisotopic (exact) mass is 263 g/mol. The van der Waals surface area contributed by atoms with E-state index in [0.29, 0.717) is 13.0 Å². The highest BCUT2D eigenvalue weighted by molar-refractivity contribution is 7.87. The Morgan fingerprint density at radius 3 is 2.41 bits per heavy atom. The highest BCUT2D eigenvalue weighted by Gasteiger charge is 2.28. The lowest BCUT2D eigenvalue weighted by Gasteiger charge is -2.31. The summed E-state index contributed by atoms with van der Waals surface area (Å²) in [6, 6.07) is -0.0115. The number of hydrogen-bond acceptors (Lipinski definition) is 3. The molecule has 0 radical (unpaired) electrons. The molecule has 1 aliphatic carbocycles. The standard InChI is InChI=1S/C11H25N3O2S/c1-3-10(9-12)13-17(15,16)14(2)11-7-5-4-6-8-11/h10-11,13H,3-9,12H2,1-2H3. The molecule has 5 nitrogen and oxygen atoms in total. The molecule has 1 fully saturated rings. The second kappa shape index (κ2) is 6.68. The zero-order valence-electron chi connectivity index (χ0n) is 10.9. The van der Waals surface area contributed by atoms with Gasteiger partial charge in [0.2, 0.25) is 0 Å². The minimum Gasteiger partial charge on any atom is -0.329 e. The molecular formula is C11H25N3O2S. The molecular weight excluding hydrogens is 238 g/mol. The van der Waals surface area contributed by atoms with Crippen molar-refractivity contribution >= 4 is 10.2 Å². The maximum Gasteiger partial charge on any atom is 0.279 e. The van der Waals surface area contributed by atoms with Crippen LogP contribution < -0.4 is 10.5 Å². The van der Waals surface area contributed by atoms with E-state index in [9.17, 15) is 8.42 Å². The predicted molar refractivity (Wildman–Crippen MR) is 69.8 cm³/mol. The molecule has 0 saturated heterocycles. The third kappa shape index (κ3) is 4.21. The summed E-state index contributed by atoms with van der Waals surface area (Å²) in [5.74, 6) is 0. The van der Waals surface area contributed by atoms with Crippen molar-refractivity contribution in [3.63, 3.8) is 0 Å². The van der Waals surface area contributed by atoms with Crippen LogP contribution in [-0.4, -0.2) is 38.4 Å². The van der Waals surface area contributed by atoms with Crippen molar-refractivity contribution in [3.8, 4) is 0 Å². The third-order valence-electron chi connectivity index (χ3n) is 3.56. The Morgan fingerprint density at radius 1 is 1.35 bits per heavy atom. The Labute approximate surface area is 105 Å². The lowest BCUT2D eigenvalue weighted by Crippen LogP contribution is -2.49. The van der Waals surface area contributed by atoms with E-state index in [0.717, 1.165) is 25.7 Å². The van der Waals surface area contributed by atoms with E-state index in [4.69, 9.17) is 5.73 Å². The van der Waals surface area contributed by atoms with Crippen LogP contribution in [0.1, 0.15) is 45.4 Å². The fourth-order valence-electron chi connectivity index (χ4n) is 2.23. The molecule has 1 atom stereocenters. The van der Waals surface area contributed by atoms with Crippen LogP contribution in [0.5, 0.6) is 0 Å². The molecule has 1 saturated carbocycles. The van der Waals surface area contributed by atoms with Gasteiger partial charge in [0.15, 0.2) is 0 Å². The number of hydrogen-bond donors (Lipinski definition) is 2. The summed E-state index contributed by atoms with van der Waals surface area (Å²) in [5.41, 5.74) is 5.52. The summed E-state index contributed by atoms with van der Waals surface area (Å²) >= 11 is 0. The van der Waals surface area contributed by atoms with Gasteiger partial charge in [0.05, 0.1) is 0 Å². The number of nitrogens with one attached hydrogen (secondary N) is 1. The minimum atomic E-state index is -3.38. The molecule has 1 unspecified atom stereocenters. The predicted octanol–water partition coefficient (Wildman–Crippen LogP) is 0.823. The highest BCUT2D eigenvalue weighted by Crippen LogP contribution is 2.23. The lowest BCUT2D eigenvalue weighted by molar-refractivity contribution is 0.281. The molecule has 0 bridgehead atoms. The quantitative estimate of drug-likeness (QED) is 0.745. The van der Waals surface area contributed by atoms with E-state index in [1.54, 1.807) is 7.05 Å². The summed E-state index contributed by atoms with van der Waals surface area (Å²) in [7, 11) is -1.71. The topological polar surface area (TPSA) is 75.4 Å². The van der Waals surface area contributed by atoms with Crippen molar-refractivity contribution in [3.05, 3.63) is 0 Å². The Balaban J connectivity index is 2.61. The van der Waals surface area contributed by atoms with Gasteiger partial charge >= 0.3 is 0 Å². The zero-order valence-corrected chi connectivity index (χ0v) is 11.7. The van der Waals surface area contributed by atoms with Crippen LogP contribution in [0.4, 0.5) is 0 Å². The minimum absolute atomic E-state index is 0.150. The summed E-state index contributed by atoms with van der Waals surface area (Å²) in [5, 5.41) is 0. The molecule has 3 N–H and O–H groups in total. The van der Waals surface area contributed by atoms with E-state index in [1.165, 1.54) is 10.7 Å². The molecule has 0 spiro atoms. The fourth-order valence-corrected chi connectivity index (χ4v) is 3.69. The normalized spacial score (nSPS) is 20.7. The second-order valence-corrected chi connectivity index (χ2v) is 6.53. The Bertz CT molecular complexity index is 309. The Kier molecular flexibility index (Phi) is 5.85. The third-order valence-corrected chi connectivity index (χ3v) is 5.25. The Morgan fingerprint density at radius 2 is 1.94 bits per heavy atom. The van der Waals surface area contributed by atoms with Crippen LogP contribution in [-0.2, 0) is 10.2 Å². The van der Waals surface area contributed by atoms with Crippen molar-refractivity contribution in [2.24, 2.45) is 5.73 Å². The molecule has 0 aliphatic heterocycles. The van der Waals surface area contributed by atoms with Gasteiger partial charge in [-0.05, 0) is 19.3 Å². The average molecular weight is 263 g/mol. The summed E-state index contributed by atoms with van der Waals surface area (Å²) in [4.78, 5) is 0. The van der Waals surface area contributed by atoms with E-state index < -0.39 is 10.2 Å². The van der Waals surface area contributed by atoms with Crippen molar-refractivity contribution in [1.82, 2.24) is 9.03 Å². The first-order valence-electron chi connectivity index (χ1n) is 6.46. The number of rotatable bonds is 6. The molecule has 0 aromatic rings. The summed E-state index contributed by atoms with van der Waals surface area (Å²) in [6.45, 7) is 2.27. The van der Waals surface area contributed by atoms with Gasteiger partial charge in [-0.2, -0.15) is 17.4 Å². The van der Waals surface area contributed by atoms with Gasteiger partial charge in [0.1, 0.15) is 0 Å². The smallest absolute Gasteiger partial charge is 0.279 e. The van der Waals surface area contributed by atoms with Gasteiger partial charge in [0.25, 0.3) is 10.2 Å². The van der Waals surface area contributed by atoms with Crippen LogP contribution in [0.3, 0.4) is 0 Å². The SMILES string of the molecule is CCC(CN)NS(=O)(=O)N(C)C1CCCCC1. The van der Waals surface area contributed by atoms with Crippen molar-refractivity contribution < 1.29 is 8.42 Å². The van der Waals surface area contributed by atoms with E-state index >= 15 is 0 Å². The molecule has 0 aromatic heterocycles. The molecule has 6 heteroatoms. The molecule has 0 amide bonds. The second-order valence-electron chi connectivity index (χ2n) is 4.77. The van der Waals surface area contributed by atoms with Crippen LogP contribution in [0.25, 0.3) is 0 Å². The van der Waals surface area contributed by atoms with Gasteiger partial charge < -0.3 is 5.73 Å². The Hall–Kier alpha value is -0.170. The molecule has 0 heterocycles. The first kappa shape index (κ1) is 14.9. The van der Waals surface area contributed by atoms with Crippen molar-refractivity contribution in [1.29, 1.82) is 0 Å². The van der Waals surface area contributed by atoms with Crippen LogP contribution in [0.2, 0.25) is 0 Å². The highest BCUT2D eigenvalue weighted by atomic mass is 32.2. The number of nitrogens with zero attached hydrogens (tertiary/aromatic N) is 1. The molecule has 17 heavy (non-hydrogen) atoms. The van der Waals surface area contributed by atoms with E-state index in [2.05, 4.69) is 4.72 Å². The zero-order chi connectivity index (χ0) is 12.9. The molecule has 102 valence electrons. The summed E-state index contributed by atoms with van der Waals surface area (Å²) < 4.78 is 28.4. The summed E-state index contributed by atoms with van der Waals surface area (Å²) in [6.07, 6.45) is 6.12. The van der Waals surface area contributed by atoms with Crippen molar-refractivity contribution in [2.45, 2.75) is 57.5 Å². The van der Waals surface area contributed by atoms with Gasteiger partial charge in [-0.25, -0.2) is 0 Å². The van der Waals surface area contributed by atoms with Gasteiger partial charge in [-0.1, -0.05) is 26.2 Å². The largest absolute Gasteiger partial charge is 0.329 e. The van der Waals surface area contributed by atoms with Crippen LogP contribution >= 0.6 is 0 Å². The van der Waals surface area contributed by atoms with Crippen molar-refractivity contribution in [2.75, 3.05) is 13.6 Å². The van der Waals surface area contributed by atoms with Gasteiger partial charge in [-0.15, -0.1) is 0 Å². The van der Waals surface area contributed by atoms with Gasteiger partial charge in [0, 0.05) is 25.7 Å². The molecule has 1 rings (SSSR count). The first-order chi connectivity index (χ1) is 8.01. The average Bonchev–Trinajstić information content (AvgIpc) is 2.36. The lowest BCUT2D eigenvalue weighted by atomic mass is 9.96. The van der Waals surface area contributed by atoms with Gasteiger partial charge in [-0.3, -0.25) is 0 Å². The van der Waals surface area contributed by atoms with Crippen LogP contribution in [0, 0.1) is 0 Å². The van der Waals surface area contributed by atoms with Crippen LogP contribution in [0.15, 0.2) is 0 Å². The van der Waals surface area contributed by atoms with E-state index in [1.807, 2.05) is 6.92 Å². The maximum atomic E-state index is 12.1. The molecule has 1 aliphatic rings. The molecule has 0 aromatic carbocycles. The maximum absolute atomic E-state index is 12.1.